The van der Waals surface area contributed by atoms with Crippen molar-refractivity contribution in [3.63, 3.8) is 0 Å². The number of carbonyl (C=O) groups is 1. The normalized spacial score (nSPS) is 11.9. The number of benzene rings is 3. The molecule has 3 aromatic carbocycles. The Morgan fingerprint density at radius 1 is 0.909 bits per heavy atom. The summed E-state index contributed by atoms with van der Waals surface area (Å²) >= 11 is 0. The molecule has 0 aliphatic rings. The van der Waals surface area contributed by atoms with Gasteiger partial charge in [-0.1, -0.05) is 60.7 Å². The molecule has 6 nitrogen and oxygen atoms in total. The van der Waals surface area contributed by atoms with E-state index in [1.807, 2.05) is 60.7 Å². The van der Waals surface area contributed by atoms with Gasteiger partial charge in [0.1, 0.15) is 10.6 Å². The Morgan fingerprint density at radius 3 is 1.94 bits per heavy atom. The molecular formula is C26H30N2O4S. The van der Waals surface area contributed by atoms with Crippen LogP contribution in [-0.2, 0) is 10.0 Å². The fourth-order valence-electron chi connectivity index (χ4n) is 3.58. The van der Waals surface area contributed by atoms with Crippen molar-refractivity contribution in [3.05, 3.63) is 95.6 Å². The van der Waals surface area contributed by atoms with Gasteiger partial charge in [0, 0.05) is 23.6 Å². The monoisotopic (exact) mass is 466 g/mol. The lowest BCUT2D eigenvalue weighted by atomic mass is 9.91. The highest BCUT2D eigenvalue weighted by Gasteiger charge is 2.26. The Hall–Kier alpha value is -3.16. The molecule has 174 valence electrons. The van der Waals surface area contributed by atoms with Crippen LogP contribution in [0.5, 0.6) is 5.75 Å². The van der Waals surface area contributed by atoms with Crippen molar-refractivity contribution < 1.29 is 17.9 Å². The SMILES string of the molecule is COc1ccc(C(=O)NCC(c2ccccc2)c2ccccc2)cc1S(=O)(=O)NC(C)(C)C. The number of hydrogen-bond donors (Lipinski definition) is 2. The minimum absolute atomic E-state index is 0.0413. The summed E-state index contributed by atoms with van der Waals surface area (Å²) in [6.45, 7) is 5.61. The first-order valence-corrected chi connectivity index (χ1v) is 12.2. The molecule has 7 heteroatoms. The highest BCUT2D eigenvalue weighted by Crippen LogP contribution is 2.27. The summed E-state index contributed by atoms with van der Waals surface area (Å²) in [6, 6.07) is 24.3. The number of sulfonamides is 1. The van der Waals surface area contributed by atoms with Crippen LogP contribution in [0.25, 0.3) is 0 Å². The molecule has 0 saturated carbocycles. The van der Waals surface area contributed by atoms with Crippen LogP contribution < -0.4 is 14.8 Å². The molecule has 0 fully saturated rings. The van der Waals surface area contributed by atoms with Gasteiger partial charge in [-0.3, -0.25) is 4.79 Å². The van der Waals surface area contributed by atoms with Crippen molar-refractivity contribution in [3.8, 4) is 5.75 Å². The molecule has 33 heavy (non-hydrogen) atoms. The second kappa shape index (κ2) is 10.2. The summed E-state index contributed by atoms with van der Waals surface area (Å²) in [7, 11) is -2.49. The van der Waals surface area contributed by atoms with Gasteiger partial charge in [0.2, 0.25) is 10.0 Å². The molecule has 0 atom stereocenters. The Labute approximate surface area is 196 Å². The van der Waals surface area contributed by atoms with Gasteiger partial charge >= 0.3 is 0 Å². The van der Waals surface area contributed by atoms with Crippen LogP contribution in [0.2, 0.25) is 0 Å². The minimum atomic E-state index is -3.89. The molecule has 0 saturated heterocycles. The van der Waals surface area contributed by atoms with Crippen LogP contribution in [0.15, 0.2) is 83.8 Å². The summed E-state index contributed by atoms with van der Waals surface area (Å²) in [5.74, 6) is -0.225. The van der Waals surface area contributed by atoms with Crippen LogP contribution in [0.3, 0.4) is 0 Å². The van der Waals surface area contributed by atoms with Gasteiger partial charge in [-0.15, -0.1) is 0 Å². The van der Waals surface area contributed by atoms with E-state index in [2.05, 4.69) is 10.0 Å². The lowest BCUT2D eigenvalue weighted by Gasteiger charge is -2.22. The van der Waals surface area contributed by atoms with Gasteiger partial charge in [-0.2, -0.15) is 0 Å². The third-order valence-electron chi connectivity index (χ3n) is 5.03. The predicted molar refractivity (Wildman–Crippen MR) is 130 cm³/mol. The van der Waals surface area contributed by atoms with Crippen molar-refractivity contribution in [1.82, 2.24) is 10.0 Å². The third kappa shape index (κ3) is 6.43. The number of amides is 1. The quantitative estimate of drug-likeness (QED) is 0.517. The Morgan fingerprint density at radius 2 is 1.45 bits per heavy atom. The number of rotatable bonds is 8. The number of methoxy groups -OCH3 is 1. The van der Waals surface area contributed by atoms with Crippen LogP contribution in [0.1, 0.15) is 48.2 Å². The maximum Gasteiger partial charge on any atom is 0.251 e. The van der Waals surface area contributed by atoms with E-state index in [4.69, 9.17) is 4.74 Å². The van der Waals surface area contributed by atoms with Crippen molar-refractivity contribution in [2.45, 2.75) is 37.1 Å². The van der Waals surface area contributed by atoms with E-state index in [0.29, 0.717) is 6.54 Å². The van der Waals surface area contributed by atoms with Gasteiger partial charge < -0.3 is 10.1 Å². The van der Waals surface area contributed by atoms with E-state index in [1.165, 1.54) is 19.2 Å². The number of nitrogens with one attached hydrogen (secondary N) is 2. The molecule has 0 aliphatic carbocycles. The van der Waals surface area contributed by atoms with Crippen LogP contribution in [0, 0.1) is 0 Å². The van der Waals surface area contributed by atoms with E-state index < -0.39 is 15.6 Å². The van der Waals surface area contributed by atoms with Crippen LogP contribution in [-0.4, -0.2) is 33.5 Å². The second-order valence-electron chi connectivity index (χ2n) is 8.81. The summed E-state index contributed by atoms with van der Waals surface area (Å²) in [5.41, 5.74) is 1.72. The molecule has 2 N–H and O–H groups in total. The zero-order valence-electron chi connectivity index (χ0n) is 19.3. The van der Waals surface area contributed by atoms with E-state index >= 15 is 0 Å². The van der Waals surface area contributed by atoms with Gasteiger partial charge in [0.25, 0.3) is 5.91 Å². The zero-order chi connectivity index (χ0) is 24.1. The lowest BCUT2D eigenvalue weighted by molar-refractivity contribution is 0.0952. The van der Waals surface area contributed by atoms with Crippen molar-refractivity contribution in [1.29, 1.82) is 0 Å². The fraction of sp³-hybridized carbons (Fsp3) is 0.269. The van der Waals surface area contributed by atoms with E-state index in [1.54, 1.807) is 26.8 Å². The third-order valence-corrected chi connectivity index (χ3v) is 6.81. The fourth-order valence-corrected chi connectivity index (χ4v) is 5.20. The molecule has 0 aliphatic heterocycles. The topological polar surface area (TPSA) is 84.5 Å². The van der Waals surface area contributed by atoms with E-state index in [-0.39, 0.29) is 28.0 Å². The molecule has 0 spiro atoms. The van der Waals surface area contributed by atoms with Crippen LogP contribution >= 0.6 is 0 Å². The number of hydrogen-bond acceptors (Lipinski definition) is 4. The first-order chi connectivity index (χ1) is 15.6. The lowest BCUT2D eigenvalue weighted by Crippen LogP contribution is -2.40. The van der Waals surface area contributed by atoms with Gasteiger partial charge in [0.15, 0.2) is 0 Å². The van der Waals surface area contributed by atoms with Gasteiger partial charge in [-0.25, -0.2) is 13.1 Å². The molecule has 0 bridgehead atoms. The van der Waals surface area contributed by atoms with Crippen LogP contribution in [0.4, 0.5) is 0 Å². The zero-order valence-corrected chi connectivity index (χ0v) is 20.1. The molecule has 0 aromatic heterocycles. The highest BCUT2D eigenvalue weighted by atomic mass is 32.2. The summed E-state index contributed by atoms with van der Waals surface area (Å²) < 4.78 is 33.7. The van der Waals surface area contributed by atoms with Gasteiger partial charge in [-0.05, 0) is 50.1 Å². The number of ether oxygens (including phenoxy) is 1. The maximum atomic E-state index is 13.0. The Balaban J connectivity index is 1.86. The molecule has 3 aromatic rings. The molecule has 0 heterocycles. The average molecular weight is 467 g/mol. The molecule has 0 radical (unpaired) electrons. The minimum Gasteiger partial charge on any atom is -0.495 e. The van der Waals surface area contributed by atoms with E-state index in [0.717, 1.165) is 11.1 Å². The Kier molecular flexibility index (Phi) is 7.56. The highest BCUT2D eigenvalue weighted by molar-refractivity contribution is 7.89. The standard InChI is InChI=1S/C26H30N2O4S/c1-26(2,3)28-33(30,31)24-17-21(15-16-23(24)32-4)25(29)27-18-22(19-11-7-5-8-12-19)20-13-9-6-10-14-20/h5-17,22,28H,18H2,1-4H3,(H,27,29). The largest absolute Gasteiger partial charge is 0.495 e. The second-order valence-corrected chi connectivity index (χ2v) is 10.5. The summed E-state index contributed by atoms with van der Waals surface area (Å²) in [5, 5.41) is 2.97. The molecule has 1 amide bonds. The van der Waals surface area contributed by atoms with Gasteiger partial charge in [0.05, 0.1) is 7.11 Å². The van der Waals surface area contributed by atoms with E-state index in [9.17, 15) is 13.2 Å². The van der Waals surface area contributed by atoms with Crippen molar-refractivity contribution in [2.75, 3.05) is 13.7 Å². The maximum absolute atomic E-state index is 13.0. The first kappa shape index (κ1) is 24.5. The summed E-state index contributed by atoms with van der Waals surface area (Å²) in [4.78, 5) is 12.9. The number of carbonyl (C=O) groups excluding carboxylic acids is 1. The Bertz CT molecular complexity index is 1150. The molecule has 0 unspecified atom stereocenters. The smallest absolute Gasteiger partial charge is 0.251 e. The van der Waals surface area contributed by atoms with Crippen molar-refractivity contribution >= 4 is 15.9 Å². The first-order valence-electron chi connectivity index (χ1n) is 10.7. The predicted octanol–water partition coefficient (Wildman–Crippen LogP) is 4.33. The average Bonchev–Trinajstić information content (AvgIpc) is 2.78. The van der Waals surface area contributed by atoms with Crippen molar-refractivity contribution in [2.24, 2.45) is 0 Å². The molecular weight excluding hydrogens is 436 g/mol. The molecule has 3 rings (SSSR count). The summed E-state index contributed by atoms with van der Waals surface area (Å²) in [6.07, 6.45) is 0.